The van der Waals surface area contributed by atoms with Crippen molar-refractivity contribution in [3.8, 4) is 0 Å². The first-order valence-electron chi connectivity index (χ1n) is 6.37. The van der Waals surface area contributed by atoms with Crippen LogP contribution in [0.25, 0.3) is 0 Å². The normalized spacial score (nSPS) is 18.8. The third-order valence-electron chi connectivity index (χ3n) is 2.88. The van der Waals surface area contributed by atoms with Gasteiger partial charge in [0.15, 0.2) is 0 Å². The number of ether oxygens (including phenoxy) is 1. The average molecular weight is 265 g/mol. The Kier molecular flexibility index (Phi) is 5.55. The number of carbonyl (C=O) groups excluding carboxylic acids is 1. The van der Waals surface area contributed by atoms with Crippen LogP contribution in [0.5, 0.6) is 0 Å². The first-order valence-corrected chi connectivity index (χ1v) is 7.53. The van der Waals surface area contributed by atoms with Crippen LogP contribution in [0.2, 0.25) is 0 Å². The largest absolute Gasteiger partial charge is 0.368 e. The van der Waals surface area contributed by atoms with Gasteiger partial charge in [0.1, 0.15) is 6.10 Å². The van der Waals surface area contributed by atoms with Gasteiger partial charge in [0.05, 0.1) is 0 Å². The van der Waals surface area contributed by atoms with E-state index in [4.69, 9.17) is 4.74 Å². The molecule has 1 N–H and O–H groups in total. The molecule has 0 unspecified atom stereocenters. The Morgan fingerprint density at radius 3 is 2.94 bits per heavy atom. The van der Waals surface area contributed by atoms with Crippen LogP contribution in [0.15, 0.2) is 30.3 Å². The Bertz CT molecular complexity index is 363. The molecule has 1 amide bonds. The predicted molar refractivity (Wildman–Crippen MR) is 74.6 cm³/mol. The van der Waals surface area contributed by atoms with E-state index >= 15 is 0 Å². The molecule has 0 saturated carbocycles. The molecule has 1 atom stereocenters. The summed E-state index contributed by atoms with van der Waals surface area (Å²) in [4.78, 5) is 11.6. The van der Waals surface area contributed by atoms with Crippen molar-refractivity contribution in [1.29, 1.82) is 0 Å². The maximum atomic E-state index is 11.6. The molecule has 0 spiro atoms. The smallest absolute Gasteiger partial charge is 0.249 e. The molecule has 0 aliphatic carbocycles. The third-order valence-corrected chi connectivity index (χ3v) is 3.91. The Hall–Kier alpha value is -1.00. The second kappa shape index (κ2) is 7.44. The zero-order chi connectivity index (χ0) is 12.6. The molecule has 18 heavy (non-hydrogen) atoms. The van der Waals surface area contributed by atoms with Gasteiger partial charge in [-0.3, -0.25) is 4.79 Å². The highest BCUT2D eigenvalue weighted by Gasteiger charge is 2.22. The molecule has 1 aromatic carbocycles. The molecule has 1 heterocycles. The number of carbonyl (C=O) groups is 1. The number of hydrogen-bond donors (Lipinski definition) is 1. The summed E-state index contributed by atoms with van der Waals surface area (Å²) in [6.45, 7) is 1.44. The number of thioether (sulfide) groups is 1. The van der Waals surface area contributed by atoms with Crippen LogP contribution < -0.4 is 5.32 Å². The fraction of sp³-hybridized carbons (Fsp3) is 0.500. The van der Waals surface area contributed by atoms with E-state index < -0.39 is 0 Å². The van der Waals surface area contributed by atoms with E-state index in [0.29, 0.717) is 0 Å². The van der Waals surface area contributed by atoms with E-state index in [1.165, 1.54) is 5.56 Å². The zero-order valence-electron chi connectivity index (χ0n) is 10.4. The van der Waals surface area contributed by atoms with Gasteiger partial charge >= 0.3 is 0 Å². The van der Waals surface area contributed by atoms with Crippen LogP contribution in [-0.4, -0.2) is 30.9 Å². The number of nitrogens with one attached hydrogen (secondary N) is 1. The van der Waals surface area contributed by atoms with Crippen LogP contribution in [0.3, 0.4) is 0 Å². The van der Waals surface area contributed by atoms with Gasteiger partial charge < -0.3 is 10.1 Å². The van der Waals surface area contributed by atoms with Crippen LogP contribution in [0.1, 0.15) is 18.4 Å². The highest BCUT2D eigenvalue weighted by atomic mass is 32.2. The molecule has 1 aliphatic heterocycles. The Balaban J connectivity index is 1.54. The fourth-order valence-electron chi connectivity index (χ4n) is 1.91. The summed E-state index contributed by atoms with van der Waals surface area (Å²) in [6.07, 6.45) is 1.66. The van der Waals surface area contributed by atoms with Gasteiger partial charge in [-0.2, -0.15) is 11.8 Å². The Morgan fingerprint density at radius 2 is 2.22 bits per heavy atom. The van der Waals surface area contributed by atoms with Gasteiger partial charge in [-0.15, -0.1) is 0 Å². The quantitative estimate of drug-likeness (QED) is 0.802. The van der Waals surface area contributed by atoms with Crippen molar-refractivity contribution in [3.05, 3.63) is 35.9 Å². The molecule has 2 rings (SSSR count). The summed E-state index contributed by atoms with van der Waals surface area (Å²) < 4.78 is 5.32. The monoisotopic (exact) mass is 265 g/mol. The SMILES string of the molecule is O=C(NCCSCc1ccccc1)[C@H]1CCCO1. The highest BCUT2D eigenvalue weighted by molar-refractivity contribution is 7.98. The van der Waals surface area contributed by atoms with Crippen molar-refractivity contribution < 1.29 is 9.53 Å². The molecule has 3 nitrogen and oxygen atoms in total. The molecule has 0 bridgehead atoms. The fourth-order valence-corrected chi connectivity index (χ4v) is 2.73. The van der Waals surface area contributed by atoms with Crippen LogP contribution in [0, 0.1) is 0 Å². The van der Waals surface area contributed by atoms with Crippen molar-refractivity contribution in [2.75, 3.05) is 18.9 Å². The molecular formula is C14H19NO2S. The molecular weight excluding hydrogens is 246 g/mol. The average Bonchev–Trinajstić information content (AvgIpc) is 2.93. The number of rotatable bonds is 6. The number of hydrogen-bond acceptors (Lipinski definition) is 3. The number of amides is 1. The van der Waals surface area contributed by atoms with Crippen LogP contribution >= 0.6 is 11.8 Å². The summed E-state index contributed by atoms with van der Waals surface area (Å²) in [5.74, 6) is 1.98. The van der Waals surface area contributed by atoms with Gasteiger partial charge in [0.2, 0.25) is 5.91 Å². The van der Waals surface area contributed by atoms with Crippen LogP contribution in [0.4, 0.5) is 0 Å². The lowest BCUT2D eigenvalue weighted by atomic mass is 10.2. The molecule has 0 radical (unpaired) electrons. The van der Waals surface area contributed by atoms with Gasteiger partial charge in [0.25, 0.3) is 0 Å². The van der Waals surface area contributed by atoms with E-state index in [-0.39, 0.29) is 12.0 Å². The summed E-state index contributed by atoms with van der Waals surface area (Å²) in [5, 5.41) is 2.93. The maximum absolute atomic E-state index is 11.6. The molecule has 0 aromatic heterocycles. The van der Waals surface area contributed by atoms with Crippen molar-refractivity contribution in [2.24, 2.45) is 0 Å². The molecule has 1 fully saturated rings. The predicted octanol–water partition coefficient (Wildman–Crippen LogP) is 2.21. The van der Waals surface area contributed by atoms with Crippen molar-refractivity contribution in [2.45, 2.75) is 24.7 Å². The second-order valence-electron chi connectivity index (χ2n) is 4.33. The minimum absolute atomic E-state index is 0.0489. The van der Waals surface area contributed by atoms with Gasteiger partial charge in [-0.1, -0.05) is 30.3 Å². The summed E-state index contributed by atoms with van der Waals surface area (Å²) >= 11 is 1.84. The van der Waals surface area contributed by atoms with Crippen molar-refractivity contribution >= 4 is 17.7 Å². The molecule has 1 aromatic rings. The molecule has 1 saturated heterocycles. The number of benzene rings is 1. The zero-order valence-corrected chi connectivity index (χ0v) is 11.2. The molecule has 4 heteroatoms. The lowest BCUT2D eigenvalue weighted by Gasteiger charge is -2.10. The van der Waals surface area contributed by atoms with Crippen LogP contribution in [-0.2, 0) is 15.3 Å². The summed E-state index contributed by atoms with van der Waals surface area (Å²) in [5.41, 5.74) is 1.33. The van der Waals surface area contributed by atoms with Gasteiger partial charge in [-0.05, 0) is 18.4 Å². The summed E-state index contributed by atoms with van der Waals surface area (Å²) in [6, 6.07) is 10.4. The van der Waals surface area contributed by atoms with Crippen molar-refractivity contribution in [3.63, 3.8) is 0 Å². The minimum atomic E-state index is -0.205. The highest BCUT2D eigenvalue weighted by Crippen LogP contribution is 2.12. The lowest BCUT2D eigenvalue weighted by molar-refractivity contribution is -0.129. The first kappa shape index (κ1) is 13.4. The maximum Gasteiger partial charge on any atom is 0.249 e. The lowest BCUT2D eigenvalue weighted by Crippen LogP contribution is -2.35. The van der Waals surface area contributed by atoms with E-state index in [1.54, 1.807) is 0 Å². The second-order valence-corrected chi connectivity index (χ2v) is 5.44. The minimum Gasteiger partial charge on any atom is -0.368 e. The van der Waals surface area contributed by atoms with E-state index in [0.717, 1.165) is 37.5 Å². The standard InChI is InChI=1S/C14H19NO2S/c16-14(13-7-4-9-17-13)15-8-10-18-11-12-5-2-1-3-6-12/h1-3,5-6,13H,4,7-11H2,(H,15,16)/t13-/m1/s1. The third kappa shape index (κ3) is 4.35. The summed E-state index contributed by atoms with van der Waals surface area (Å²) in [7, 11) is 0. The Morgan fingerprint density at radius 1 is 1.39 bits per heavy atom. The van der Waals surface area contributed by atoms with Gasteiger partial charge in [0, 0.05) is 24.7 Å². The first-order chi connectivity index (χ1) is 8.86. The van der Waals surface area contributed by atoms with Gasteiger partial charge in [-0.25, -0.2) is 0 Å². The molecule has 98 valence electrons. The van der Waals surface area contributed by atoms with E-state index in [9.17, 15) is 4.79 Å². The molecule has 1 aliphatic rings. The topological polar surface area (TPSA) is 38.3 Å². The van der Waals surface area contributed by atoms with Crippen molar-refractivity contribution in [1.82, 2.24) is 5.32 Å². The Labute approximate surface area is 112 Å². The van der Waals surface area contributed by atoms with E-state index in [1.807, 2.05) is 17.8 Å². The van der Waals surface area contributed by atoms with E-state index in [2.05, 4.69) is 29.6 Å².